The molecule has 1 unspecified atom stereocenters. The van der Waals surface area contributed by atoms with Crippen molar-refractivity contribution in [3.8, 4) is 0 Å². The molecule has 0 aliphatic carbocycles. The molecule has 1 heterocycles. The van der Waals surface area contributed by atoms with Crippen LogP contribution in [0.1, 0.15) is 24.4 Å². The van der Waals surface area contributed by atoms with E-state index in [2.05, 4.69) is 5.32 Å². The zero-order valence-corrected chi connectivity index (χ0v) is 13.6. The summed E-state index contributed by atoms with van der Waals surface area (Å²) in [5.74, 6) is 0.111. The molecule has 1 aromatic carbocycles. The van der Waals surface area contributed by atoms with Crippen LogP contribution in [0.25, 0.3) is 0 Å². The van der Waals surface area contributed by atoms with E-state index in [0.29, 0.717) is 29.7 Å². The number of carbonyl (C=O) groups is 1. The first-order chi connectivity index (χ1) is 10.1. The molecule has 1 aromatic rings. The monoisotopic (exact) mass is 330 g/mol. The van der Waals surface area contributed by atoms with Crippen LogP contribution < -0.4 is 5.32 Å². The highest BCUT2D eigenvalue weighted by atomic mass is 35.5. The molecule has 1 atom stereocenters. The second-order valence-electron chi connectivity index (χ2n) is 5.09. The van der Waals surface area contributed by atoms with Crippen LogP contribution in [0.4, 0.5) is 0 Å². The van der Waals surface area contributed by atoms with E-state index in [-0.39, 0.29) is 11.9 Å². The first-order valence-corrected chi connectivity index (χ1v) is 7.83. The van der Waals surface area contributed by atoms with Crippen LogP contribution >= 0.6 is 23.2 Å². The normalized spacial score (nSPS) is 18.2. The highest BCUT2D eigenvalue weighted by molar-refractivity contribution is 6.42. The summed E-state index contributed by atoms with van der Waals surface area (Å²) in [6, 6.07) is 5.69. The summed E-state index contributed by atoms with van der Waals surface area (Å²) in [5, 5.41) is 4.17. The molecule has 1 N–H and O–H groups in total. The molecular formula is C15H20Cl2N2O2. The molecule has 0 spiro atoms. The van der Waals surface area contributed by atoms with E-state index < -0.39 is 0 Å². The number of likely N-dealkylation sites (tertiary alicyclic amines) is 1. The first kappa shape index (κ1) is 16.6. The molecule has 0 saturated carbocycles. The number of rotatable bonds is 6. The van der Waals surface area contributed by atoms with Crippen molar-refractivity contribution in [1.29, 1.82) is 0 Å². The van der Waals surface area contributed by atoms with E-state index in [0.717, 1.165) is 24.9 Å². The molecule has 0 bridgehead atoms. The molecule has 116 valence electrons. The van der Waals surface area contributed by atoms with E-state index >= 15 is 0 Å². The van der Waals surface area contributed by atoms with Crippen LogP contribution in [-0.2, 0) is 9.53 Å². The van der Waals surface area contributed by atoms with Gasteiger partial charge in [0.1, 0.15) is 0 Å². The molecule has 21 heavy (non-hydrogen) atoms. The number of methoxy groups -OCH3 is 1. The lowest BCUT2D eigenvalue weighted by molar-refractivity contribution is -0.131. The number of nitrogens with one attached hydrogen (secondary N) is 1. The number of halogens is 2. The molecule has 6 heteroatoms. The van der Waals surface area contributed by atoms with Crippen molar-refractivity contribution < 1.29 is 9.53 Å². The highest BCUT2D eigenvalue weighted by Gasteiger charge is 2.29. The highest BCUT2D eigenvalue weighted by Crippen LogP contribution is 2.34. The number of ether oxygens (including phenoxy) is 1. The van der Waals surface area contributed by atoms with Gasteiger partial charge < -0.3 is 15.0 Å². The van der Waals surface area contributed by atoms with Gasteiger partial charge >= 0.3 is 0 Å². The molecule has 1 aliphatic heterocycles. The number of hydrogen-bond donors (Lipinski definition) is 1. The summed E-state index contributed by atoms with van der Waals surface area (Å²) in [7, 11) is 1.64. The van der Waals surface area contributed by atoms with Gasteiger partial charge in [0.15, 0.2) is 0 Å². The predicted molar refractivity (Wildman–Crippen MR) is 84.9 cm³/mol. The maximum Gasteiger partial charge on any atom is 0.237 e. The summed E-state index contributed by atoms with van der Waals surface area (Å²) >= 11 is 12.0. The minimum atomic E-state index is 0.0940. The van der Waals surface area contributed by atoms with Crippen LogP contribution in [0.5, 0.6) is 0 Å². The zero-order chi connectivity index (χ0) is 15.2. The van der Waals surface area contributed by atoms with Crippen molar-refractivity contribution >= 4 is 29.1 Å². The fraction of sp³-hybridized carbons (Fsp3) is 0.533. The Labute approximate surface area is 135 Å². The topological polar surface area (TPSA) is 41.6 Å². The summed E-state index contributed by atoms with van der Waals surface area (Å²) in [6.45, 7) is 2.40. The Bertz CT molecular complexity index is 497. The van der Waals surface area contributed by atoms with Gasteiger partial charge in [-0.25, -0.2) is 0 Å². The van der Waals surface area contributed by atoms with Crippen LogP contribution in [0, 0.1) is 0 Å². The van der Waals surface area contributed by atoms with Gasteiger partial charge in [0.25, 0.3) is 0 Å². The Hall–Kier alpha value is -0.810. The zero-order valence-electron chi connectivity index (χ0n) is 12.1. The van der Waals surface area contributed by atoms with Crippen molar-refractivity contribution in [2.24, 2.45) is 0 Å². The molecule has 0 radical (unpaired) electrons. The minimum absolute atomic E-state index is 0.0940. The van der Waals surface area contributed by atoms with Crippen molar-refractivity contribution in [2.75, 3.05) is 33.4 Å². The van der Waals surface area contributed by atoms with Crippen molar-refractivity contribution in [3.63, 3.8) is 0 Å². The number of carbonyl (C=O) groups excluding carboxylic acids is 1. The lowest BCUT2D eigenvalue weighted by atomic mass is 10.0. The fourth-order valence-electron chi connectivity index (χ4n) is 2.60. The Morgan fingerprint density at radius 1 is 1.43 bits per heavy atom. The minimum Gasteiger partial charge on any atom is -0.383 e. The molecule has 1 amide bonds. The largest absolute Gasteiger partial charge is 0.383 e. The Morgan fingerprint density at radius 3 is 2.95 bits per heavy atom. The van der Waals surface area contributed by atoms with Crippen LogP contribution in [0.15, 0.2) is 18.2 Å². The predicted octanol–water partition coefficient (Wildman–Crippen LogP) is 2.89. The van der Waals surface area contributed by atoms with Gasteiger partial charge in [-0.05, 0) is 30.5 Å². The van der Waals surface area contributed by atoms with Crippen LogP contribution in [0.3, 0.4) is 0 Å². The Morgan fingerprint density at radius 2 is 2.24 bits per heavy atom. The molecule has 1 fully saturated rings. The molecule has 2 rings (SSSR count). The lowest BCUT2D eigenvalue weighted by Crippen LogP contribution is -2.38. The maximum absolute atomic E-state index is 12.3. The molecule has 4 nitrogen and oxygen atoms in total. The maximum atomic E-state index is 12.3. The second-order valence-corrected chi connectivity index (χ2v) is 5.90. The third-order valence-electron chi connectivity index (χ3n) is 3.66. The molecule has 1 aliphatic rings. The van der Waals surface area contributed by atoms with Crippen LogP contribution in [0.2, 0.25) is 10.0 Å². The van der Waals surface area contributed by atoms with Gasteiger partial charge in [0, 0.05) is 20.2 Å². The Kier molecular flexibility index (Phi) is 6.30. The summed E-state index contributed by atoms with van der Waals surface area (Å²) in [5.41, 5.74) is 1.05. The smallest absolute Gasteiger partial charge is 0.237 e. The van der Waals surface area contributed by atoms with E-state index in [1.807, 2.05) is 17.0 Å². The van der Waals surface area contributed by atoms with Gasteiger partial charge in [-0.3, -0.25) is 4.79 Å². The van der Waals surface area contributed by atoms with Gasteiger partial charge in [-0.15, -0.1) is 0 Å². The standard InChI is InChI=1S/C15H20Cl2N2O2/c1-21-8-6-18-10-15(20)19-7-2-3-14(19)11-4-5-12(16)13(17)9-11/h4-5,9,14,18H,2-3,6-8,10H2,1H3. The quantitative estimate of drug-likeness (QED) is 0.815. The summed E-state index contributed by atoms with van der Waals surface area (Å²) in [6.07, 6.45) is 1.97. The first-order valence-electron chi connectivity index (χ1n) is 7.07. The SMILES string of the molecule is COCCNCC(=O)N1CCCC1c1ccc(Cl)c(Cl)c1. The fourth-order valence-corrected chi connectivity index (χ4v) is 2.91. The van der Waals surface area contributed by atoms with E-state index in [1.54, 1.807) is 13.2 Å². The number of hydrogen-bond acceptors (Lipinski definition) is 3. The second kappa shape index (κ2) is 7.99. The van der Waals surface area contributed by atoms with Gasteiger partial charge in [-0.2, -0.15) is 0 Å². The van der Waals surface area contributed by atoms with Crippen molar-refractivity contribution in [3.05, 3.63) is 33.8 Å². The third-order valence-corrected chi connectivity index (χ3v) is 4.40. The van der Waals surface area contributed by atoms with Gasteiger partial charge in [0.05, 0.1) is 29.2 Å². The van der Waals surface area contributed by atoms with Crippen molar-refractivity contribution in [2.45, 2.75) is 18.9 Å². The average molecular weight is 331 g/mol. The summed E-state index contributed by atoms with van der Waals surface area (Å²) in [4.78, 5) is 14.2. The Balaban J connectivity index is 1.99. The van der Waals surface area contributed by atoms with Gasteiger partial charge in [0.2, 0.25) is 5.91 Å². The van der Waals surface area contributed by atoms with E-state index in [1.165, 1.54) is 0 Å². The third kappa shape index (κ3) is 4.33. The van der Waals surface area contributed by atoms with E-state index in [9.17, 15) is 4.79 Å². The van der Waals surface area contributed by atoms with Gasteiger partial charge in [-0.1, -0.05) is 29.3 Å². The van der Waals surface area contributed by atoms with E-state index in [4.69, 9.17) is 27.9 Å². The molecule has 1 saturated heterocycles. The molecule has 0 aromatic heterocycles. The average Bonchev–Trinajstić information content (AvgIpc) is 2.96. The lowest BCUT2D eigenvalue weighted by Gasteiger charge is -2.25. The van der Waals surface area contributed by atoms with Crippen LogP contribution in [-0.4, -0.2) is 44.2 Å². The number of nitrogens with zero attached hydrogens (tertiary/aromatic N) is 1. The summed E-state index contributed by atoms with van der Waals surface area (Å²) < 4.78 is 4.95. The number of benzene rings is 1. The van der Waals surface area contributed by atoms with Crippen molar-refractivity contribution in [1.82, 2.24) is 10.2 Å². The number of amides is 1. The molecular weight excluding hydrogens is 311 g/mol.